The summed E-state index contributed by atoms with van der Waals surface area (Å²) in [5, 5.41) is 4.64. The van der Waals surface area contributed by atoms with Gasteiger partial charge in [-0.1, -0.05) is 12.1 Å². The normalized spacial score (nSPS) is 13.1. The van der Waals surface area contributed by atoms with Crippen LogP contribution in [-0.2, 0) is 6.54 Å². The molecule has 1 aromatic carbocycles. The number of aromatic nitrogens is 1. The average Bonchev–Trinajstić information content (AvgIpc) is 2.76. The number of hydrogen-bond donors (Lipinski definition) is 1. The SMILES string of the molecule is CC(CCCCl)NCc1nc2ccccc2s1. The van der Waals surface area contributed by atoms with Crippen molar-refractivity contribution in [2.45, 2.75) is 32.4 Å². The van der Waals surface area contributed by atoms with Gasteiger partial charge in [0.05, 0.1) is 10.2 Å². The van der Waals surface area contributed by atoms with Gasteiger partial charge in [0.1, 0.15) is 5.01 Å². The number of benzene rings is 1. The molecule has 1 atom stereocenters. The van der Waals surface area contributed by atoms with Crippen LogP contribution in [0.4, 0.5) is 0 Å². The maximum Gasteiger partial charge on any atom is 0.108 e. The summed E-state index contributed by atoms with van der Waals surface area (Å²) in [7, 11) is 0. The van der Waals surface area contributed by atoms with E-state index in [0.717, 1.165) is 35.8 Å². The van der Waals surface area contributed by atoms with Crippen molar-refractivity contribution in [2.75, 3.05) is 5.88 Å². The fourth-order valence-corrected chi connectivity index (χ4v) is 2.81. The van der Waals surface area contributed by atoms with E-state index in [4.69, 9.17) is 11.6 Å². The van der Waals surface area contributed by atoms with Crippen molar-refractivity contribution in [1.29, 1.82) is 0 Å². The van der Waals surface area contributed by atoms with Gasteiger partial charge in [0.2, 0.25) is 0 Å². The third-order valence-electron chi connectivity index (χ3n) is 2.71. The van der Waals surface area contributed by atoms with Crippen LogP contribution in [-0.4, -0.2) is 16.9 Å². The van der Waals surface area contributed by atoms with Gasteiger partial charge in [-0.2, -0.15) is 0 Å². The Morgan fingerprint density at radius 1 is 1.41 bits per heavy atom. The summed E-state index contributed by atoms with van der Waals surface area (Å²) in [6, 6.07) is 8.77. The number of hydrogen-bond acceptors (Lipinski definition) is 3. The number of nitrogens with zero attached hydrogens (tertiary/aromatic N) is 1. The zero-order chi connectivity index (χ0) is 12.1. The van der Waals surface area contributed by atoms with E-state index < -0.39 is 0 Å². The molecule has 0 aliphatic heterocycles. The van der Waals surface area contributed by atoms with Crippen molar-refractivity contribution in [3.8, 4) is 0 Å². The fourth-order valence-electron chi connectivity index (χ4n) is 1.74. The topological polar surface area (TPSA) is 24.9 Å². The second kappa shape index (κ2) is 6.34. The molecule has 2 aromatic rings. The molecule has 0 saturated heterocycles. The molecule has 92 valence electrons. The monoisotopic (exact) mass is 268 g/mol. The van der Waals surface area contributed by atoms with E-state index in [0.29, 0.717) is 6.04 Å². The number of rotatable bonds is 6. The summed E-state index contributed by atoms with van der Waals surface area (Å²) in [4.78, 5) is 4.59. The number of thiazole rings is 1. The van der Waals surface area contributed by atoms with Gasteiger partial charge in [0.15, 0.2) is 0 Å². The van der Waals surface area contributed by atoms with Crippen molar-refractivity contribution in [3.63, 3.8) is 0 Å². The summed E-state index contributed by atoms with van der Waals surface area (Å²) in [5.41, 5.74) is 1.10. The van der Waals surface area contributed by atoms with Gasteiger partial charge in [-0.3, -0.25) is 0 Å². The first-order valence-corrected chi connectivity index (χ1v) is 7.28. The minimum absolute atomic E-state index is 0.501. The second-order valence-corrected chi connectivity index (χ2v) is 5.68. The molecule has 1 unspecified atom stereocenters. The van der Waals surface area contributed by atoms with E-state index in [2.05, 4.69) is 35.4 Å². The van der Waals surface area contributed by atoms with Gasteiger partial charge in [-0.25, -0.2) is 4.98 Å². The summed E-state index contributed by atoms with van der Waals surface area (Å²) in [6.07, 6.45) is 2.18. The lowest BCUT2D eigenvalue weighted by Gasteiger charge is -2.11. The molecule has 0 aliphatic rings. The Kier molecular flexibility index (Phi) is 4.77. The second-order valence-electron chi connectivity index (χ2n) is 4.19. The molecule has 1 aromatic heterocycles. The highest BCUT2D eigenvalue weighted by Crippen LogP contribution is 2.21. The summed E-state index contributed by atoms with van der Waals surface area (Å²) >= 11 is 7.44. The van der Waals surface area contributed by atoms with Crippen molar-refractivity contribution >= 4 is 33.2 Å². The van der Waals surface area contributed by atoms with E-state index in [9.17, 15) is 0 Å². The number of alkyl halides is 1. The van der Waals surface area contributed by atoms with Crippen molar-refractivity contribution < 1.29 is 0 Å². The molecular formula is C13H17ClN2S. The molecule has 4 heteroatoms. The van der Waals surface area contributed by atoms with E-state index in [1.807, 2.05) is 6.07 Å². The third kappa shape index (κ3) is 3.66. The summed E-state index contributed by atoms with van der Waals surface area (Å²) < 4.78 is 1.26. The van der Waals surface area contributed by atoms with Gasteiger partial charge in [-0.05, 0) is 31.9 Å². The number of halogens is 1. The van der Waals surface area contributed by atoms with E-state index >= 15 is 0 Å². The Morgan fingerprint density at radius 3 is 3.00 bits per heavy atom. The molecule has 0 bridgehead atoms. The highest BCUT2D eigenvalue weighted by Gasteiger charge is 2.05. The van der Waals surface area contributed by atoms with Gasteiger partial charge in [0, 0.05) is 18.5 Å². The van der Waals surface area contributed by atoms with Crippen molar-refractivity contribution in [1.82, 2.24) is 10.3 Å². The van der Waals surface area contributed by atoms with Crippen LogP contribution < -0.4 is 5.32 Å². The largest absolute Gasteiger partial charge is 0.308 e. The van der Waals surface area contributed by atoms with Gasteiger partial charge in [-0.15, -0.1) is 22.9 Å². The van der Waals surface area contributed by atoms with Crippen LogP contribution in [0.5, 0.6) is 0 Å². The minimum Gasteiger partial charge on any atom is -0.308 e. The Labute approximate surface area is 111 Å². The number of para-hydroxylation sites is 1. The predicted molar refractivity (Wildman–Crippen MR) is 75.9 cm³/mol. The van der Waals surface area contributed by atoms with Crippen LogP contribution >= 0.6 is 22.9 Å². The standard InChI is InChI=1S/C13H17ClN2S/c1-10(5-4-8-14)15-9-13-16-11-6-2-3-7-12(11)17-13/h2-3,6-7,10,15H,4-5,8-9H2,1H3. The van der Waals surface area contributed by atoms with Crippen LogP contribution in [0.15, 0.2) is 24.3 Å². The highest BCUT2D eigenvalue weighted by molar-refractivity contribution is 7.18. The quantitative estimate of drug-likeness (QED) is 0.807. The van der Waals surface area contributed by atoms with Crippen LogP contribution in [0.3, 0.4) is 0 Å². The lowest BCUT2D eigenvalue weighted by molar-refractivity contribution is 0.509. The third-order valence-corrected chi connectivity index (χ3v) is 4.01. The fraction of sp³-hybridized carbons (Fsp3) is 0.462. The molecule has 2 rings (SSSR count). The molecule has 1 N–H and O–H groups in total. The van der Waals surface area contributed by atoms with Gasteiger partial charge >= 0.3 is 0 Å². The average molecular weight is 269 g/mol. The highest BCUT2D eigenvalue weighted by atomic mass is 35.5. The molecule has 17 heavy (non-hydrogen) atoms. The molecule has 0 spiro atoms. The number of nitrogens with one attached hydrogen (secondary N) is 1. The Balaban J connectivity index is 1.90. The maximum absolute atomic E-state index is 5.68. The molecule has 0 amide bonds. The molecule has 1 heterocycles. The van der Waals surface area contributed by atoms with E-state index in [1.165, 1.54) is 4.70 Å². The van der Waals surface area contributed by atoms with Crippen molar-refractivity contribution in [3.05, 3.63) is 29.3 Å². The zero-order valence-electron chi connectivity index (χ0n) is 9.95. The minimum atomic E-state index is 0.501. The summed E-state index contributed by atoms with van der Waals surface area (Å²) in [5.74, 6) is 0.743. The zero-order valence-corrected chi connectivity index (χ0v) is 11.5. The number of fused-ring (bicyclic) bond motifs is 1. The predicted octanol–water partition coefficient (Wildman–Crippen LogP) is 3.79. The van der Waals surface area contributed by atoms with Crippen molar-refractivity contribution in [2.24, 2.45) is 0 Å². The molecule has 0 saturated carbocycles. The first-order valence-electron chi connectivity index (χ1n) is 5.93. The van der Waals surface area contributed by atoms with E-state index in [-0.39, 0.29) is 0 Å². The van der Waals surface area contributed by atoms with Crippen LogP contribution in [0.1, 0.15) is 24.8 Å². The Morgan fingerprint density at radius 2 is 2.24 bits per heavy atom. The van der Waals surface area contributed by atoms with Crippen LogP contribution in [0.2, 0.25) is 0 Å². The maximum atomic E-state index is 5.68. The Hall–Kier alpha value is -0.640. The Bertz CT molecular complexity index is 436. The van der Waals surface area contributed by atoms with Gasteiger partial charge in [0.25, 0.3) is 0 Å². The first-order chi connectivity index (χ1) is 8.29. The first kappa shape index (κ1) is 12.8. The molecule has 0 fully saturated rings. The van der Waals surface area contributed by atoms with Crippen LogP contribution in [0, 0.1) is 0 Å². The molecule has 0 radical (unpaired) electrons. The lowest BCUT2D eigenvalue weighted by atomic mass is 10.2. The van der Waals surface area contributed by atoms with Crippen LogP contribution in [0.25, 0.3) is 10.2 Å². The summed E-state index contributed by atoms with van der Waals surface area (Å²) in [6.45, 7) is 3.04. The van der Waals surface area contributed by atoms with E-state index in [1.54, 1.807) is 11.3 Å². The van der Waals surface area contributed by atoms with Gasteiger partial charge < -0.3 is 5.32 Å². The molecule has 0 aliphatic carbocycles. The molecule has 2 nitrogen and oxygen atoms in total. The molecular weight excluding hydrogens is 252 g/mol. The smallest absolute Gasteiger partial charge is 0.108 e. The lowest BCUT2D eigenvalue weighted by Crippen LogP contribution is -2.25.